The third-order valence-corrected chi connectivity index (χ3v) is 5.88. The van der Waals surface area contributed by atoms with E-state index in [0.29, 0.717) is 29.1 Å². The molecule has 0 spiro atoms. The smallest absolute Gasteiger partial charge is 0.336 e. The van der Waals surface area contributed by atoms with E-state index in [1.54, 1.807) is 0 Å². The van der Waals surface area contributed by atoms with Crippen molar-refractivity contribution in [1.29, 1.82) is 0 Å². The molecule has 1 aromatic carbocycles. The summed E-state index contributed by atoms with van der Waals surface area (Å²) in [6.45, 7) is 11.3. The number of rotatable bonds is 3. The second kappa shape index (κ2) is 7.18. The highest BCUT2D eigenvalue weighted by atomic mass is 16.6. The van der Waals surface area contributed by atoms with Crippen molar-refractivity contribution >= 4 is 23.0 Å². The molecule has 2 aliphatic heterocycles. The summed E-state index contributed by atoms with van der Waals surface area (Å²) < 4.78 is 24.1. The van der Waals surface area contributed by atoms with E-state index in [4.69, 9.17) is 18.6 Å². The Bertz CT molecular complexity index is 1110. The van der Waals surface area contributed by atoms with Crippen molar-refractivity contribution in [3.63, 3.8) is 0 Å². The molecule has 30 heavy (non-hydrogen) atoms. The molecule has 3 atom stereocenters. The number of hydrogen-bond acceptors (Lipinski definition) is 6. The highest BCUT2D eigenvalue weighted by molar-refractivity contribution is 5.97. The molecule has 2 aliphatic rings. The fourth-order valence-electron chi connectivity index (χ4n) is 4.30. The number of aryl methyl sites for hydroxylation is 1. The number of carbonyl (C=O) groups excluding carboxylic acids is 1. The van der Waals surface area contributed by atoms with Gasteiger partial charge in [-0.05, 0) is 44.9 Å². The minimum atomic E-state index is -0.586. The van der Waals surface area contributed by atoms with Gasteiger partial charge in [-0.3, -0.25) is 4.79 Å². The van der Waals surface area contributed by atoms with Gasteiger partial charge < -0.3 is 18.6 Å². The lowest BCUT2D eigenvalue weighted by Crippen LogP contribution is -2.35. The minimum Gasteiger partial charge on any atom is -0.489 e. The van der Waals surface area contributed by atoms with Gasteiger partial charge in [0.25, 0.3) is 0 Å². The van der Waals surface area contributed by atoms with Gasteiger partial charge >= 0.3 is 11.6 Å². The molecular weight excluding hydrogens is 384 g/mol. The normalized spacial score (nSPS) is 23.9. The van der Waals surface area contributed by atoms with Crippen LogP contribution in [0.4, 0.5) is 0 Å². The summed E-state index contributed by atoms with van der Waals surface area (Å²) >= 11 is 0. The molecule has 1 aromatic heterocycles. The number of benzene rings is 1. The first-order valence-corrected chi connectivity index (χ1v) is 10.5. The summed E-state index contributed by atoms with van der Waals surface area (Å²) in [5, 5.41) is 0.755. The van der Waals surface area contributed by atoms with E-state index in [9.17, 15) is 9.59 Å². The van der Waals surface area contributed by atoms with E-state index >= 15 is 0 Å². The summed E-state index contributed by atoms with van der Waals surface area (Å²) in [7, 11) is 0. The van der Waals surface area contributed by atoms with E-state index in [2.05, 4.69) is 6.92 Å². The van der Waals surface area contributed by atoms with E-state index in [1.165, 1.54) is 13.0 Å². The summed E-state index contributed by atoms with van der Waals surface area (Å²) in [4.78, 5) is 24.4. The van der Waals surface area contributed by atoms with E-state index in [0.717, 1.165) is 22.9 Å². The van der Waals surface area contributed by atoms with Crippen molar-refractivity contribution in [2.75, 3.05) is 0 Å². The number of hydrogen-bond donors (Lipinski definition) is 0. The van der Waals surface area contributed by atoms with Crippen molar-refractivity contribution in [3.8, 4) is 11.5 Å². The average molecular weight is 412 g/mol. The monoisotopic (exact) mass is 412 g/mol. The molecule has 0 bridgehead atoms. The fraction of sp³-hybridized carbons (Fsp3) is 0.500. The van der Waals surface area contributed by atoms with Crippen LogP contribution in [-0.2, 0) is 16.0 Å². The minimum absolute atomic E-state index is 0.118. The third-order valence-electron chi connectivity index (χ3n) is 5.88. The number of ether oxygens (including phenoxy) is 3. The van der Waals surface area contributed by atoms with Gasteiger partial charge in [0.05, 0.1) is 16.5 Å². The average Bonchev–Trinajstić information content (AvgIpc) is 2.64. The molecule has 0 aliphatic carbocycles. The molecule has 6 heteroatoms. The zero-order valence-corrected chi connectivity index (χ0v) is 18.3. The van der Waals surface area contributed by atoms with Crippen LogP contribution in [0.3, 0.4) is 0 Å². The summed E-state index contributed by atoms with van der Waals surface area (Å²) in [5.41, 5.74) is 1.69. The largest absolute Gasteiger partial charge is 0.489 e. The van der Waals surface area contributed by atoms with Crippen LogP contribution in [0.2, 0.25) is 0 Å². The fourth-order valence-corrected chi connectivity index (χ4v) is 4.30. The maximum absolute atomic E-state index is 12.5. The third kappa shape index (κ3) is 3.28. The summed E-state index contributed by atoms with van der Waals surface area (Å²) in [5.74, 6) is 0.690. The second-order valence-electron chi connectivity index (χ2n) is 8.78. The molecule has 0 amide bonds. The summed E-state index contributed by atoms with van der Waals surface area (Å²) in [6, 6.07) is 1.53. The zero-order valence-electron chi connectivity index (χ0n) is 18.3. The zero-order chi connectivity index (χ0) is 21.8. The van der Waals surface area contributed by atoms with Crippen LogP contribution in [0.15, 0.2) is 21.4 Å². The van der Waals surface area contributed by atoms with E-state index < -0.39 is 23.3 Å². The molecule has 160 valence electrons. The van der Waals surface area contributed by atoms with Crippen molar-refractivity contribution in [2.24, 2.45) is 5.92 Å². The van der Waals surface area contributed by atoms with Gasteiger partial charge in [-0.1, -0.05) is 20.3 Å². The molecule has 0 fully saturated rings. The first-order valence-electron chi connectivity index (χ1n) is 10.5. The Morgan fingerprint density at radius 1 is 1.23 bits per heavy atom. The predicted molar refractivity (Wildman–Crippen MR) is 114 cm³/mol. The van der Waals surface area contributed by atoms with Crippen LogP contribution in [0, 0.1) is 5.92 Å². The molecule has 0 N–H and O–H groups in total. The molecule has 0 saturated heterocycles. The van der Waals surface area contributed by atoms with Gasteiger partial charge in [-0.2, -0.15) is 0 Å². The number of fused-ring (bicyclic) bond motifs is 6. The maximum Gasteiger partial charge on any atom is 0.336 e. The Morgan fingerprint density at radius 3 is 2.63 bits per heavy atom. The lowest BCUT2D eigenvalue weighted by molar-refractivity contribution is -0.152. The van der Waals surface area contributed by atoms with E-state index in [-0.39, 0.29) is 12.0 Å². The lowest BCUT2D eigenvalue weighted by Gasteiger charge is -2.38. The van der Waals surface area contributed by atoms with Crippen molar-refractivity contribution < 1.29 is 23.4 Å². The standard InChI is InChI=1S/C24H28O6/c1-7-8-15-11-17(26)29-23-18(15)22-16(9-10-24(5,6)30-22)21-19(23)20(28-14(4)25)12(2)13(3)27-21/h9-13,20H,7-8H2,1-6H3/t12-,13-,20+/m1/s1. The number of carbonyl (C=O) groups is 1. The first-order chi connectivity index (χ1) is 14.1. The Morgan fingerprint density at radius 2 is 1.97 bits per heavy atom. The van der Waals surface area contributed by atoms with Crippen LogP contribution < -0.4 is 15.1 Å². The van der Waals surface area contributed by atoms with Crippen LogP contribution in [0.25, 0.3) is 17.0 Å². The van der Waals surface area contributed by atoms with Gasteiger partial charge in [0, 0.05) is 18.9 Å². The quantitative estimate of drug-likeness (QED) is 0.524. The Labute approximate surface area is 175 Å². The second-order valence-corrected chi connectivity index (χ2v) is 8.78. The van der Waals surface area contributed by atoms with Crippen LogP contribution in [0.5, 0.6) is 11.5 Å². The molecule has 2 aromatic rings. The highest BCUT2D eigenvalue weighted by Gasteiger charge is 2.42. The van der Waals surface area contributed by atoms with Gasteiger partial charge in [0.2, 0.25) is 0 Å². The van der Waals surface area contributed by atoms with Gasteiger partial charge in [-0.25, -0.2) is 4.79 Å². The molecule has 6 nitrogen and oxygen atoms in total. The van der Waals surface area contributed by atoms with Crippen LogP contribution in [-0.4, -0.2) is 17.7 Å². The Kier molecular flexibility index (Phi) is 4.91. The van der Waals surface area contributed by atoms with Crippen LogP contribution in [0.1, 0.15) is 70.8 Å². The van der Waals surface area contributed by atoms with Gasteiger partial charge in [0.1, 0.15) is 29.3 Å². The van der Waals surface area contributed by atoms with Gasteiger partial charge in [0.15, 0.2) is 5.58 Å². The van der Waals surface area contributed by atoms with E-state index in [1.807, 2.05) is 39.8 Å². The molecule has 0 unspecified atom stereocenters. The van der Waals surface area contributed by atoms with Crippen molar-refractivity contribution in [2.45, 2.75) is 72.2 Å². The lowest BCUT2D eigenvalue weighted by atomic mass is 9.84. The van der Waals surface area contributed by atoms with Crippen molar-refractivity contribution in [1.82, 2.24) is 0 Å². The summed E-state index contributed by atoms with van der Waals surface area (Å²) in [6.07, 6.45) is 4.75. The first kappa shape index (κ1) is 20.5. The molecule has 0 saturated carbocycles. The SMILES string of the molecule is CCCc1cc(=O)oc2c3c(c4c(c12)OC(C)(C)C=C4)O[C@H](C)[C@@H](C)[C@@H]3OC(C)=O. The number of esters is 1. The maximum atomic E-state index is 12.5. The highest BCUT2D eigenvalue weighted by Crippen LogP contribution is 2.53. The Balaban J connectivity index is 2.15. The van der Waals surface area contributed by atoms with Crippen LogP contribution >= 0.6 is 0 Å². The van der Waals surface area contributed by atoms with Crippen molar-refractivity contribution in [3.05, 3.63) is 39.3 Å². The molecular formula is C24H28O6. The molecule has 3 heterocycles. The topological polar surface area (TPSA) is 75.0 Å². The molecule has 0 radical (unpaired) electrons. The Hall–Kier alpha value is -2.76. The molecule has 4 rings (SSSR count). The predicted octanol–water partition coefficient (Wildman–Crippen LogP) is 4.95. The van der Waals surface area contributed by atoms with Gasteiger partial charge in [-0.15, -0.1) is 0 Å².